The first-order valence-electron chi connectivity index (χ1n) is 4.96. The van der Waals surface area contributed by atoms with Gasteiger partial charge in [0.2, 0.25) is 0 Å². The first-order chi connectivity index (χ1) is 7.37. The molecule has 0 aromatic heterocycles. The topological polar surface area (TPSA) is 27.7 Å². The third-order valence-corrected chi connectivity index (χ3v) is 4.14. The average molecular weight is 250 g/mol. The summed E-state index contributed by atoms with van der Waals surface area (Å²) in [7, 11) is -5.93. The van der Waals surface area contributed by atoms with Crippen LogP contribution in [0.5, 0.6) is 5.75 Å². The van der Waals surface area contributed by atoms with Crippen LogP contribution in [-0.2, 0) is 9.05 Å². The number of hydrogen-bond donors (Lipinski definition) is 0. The molecule has 1 aromatic rings. The van der Waals surface area contributed by atoms with Gasteiger partial charge in [0.15, 0.2) is 0 Å². The van der Waals surface area contributed by atoms with Crippen molar-refractivity contribution < 1.29 is 22.0 Å². The summed E-state index contributed by atoms with van der Waals surface area (Å²) in [5.41, 5.74) is 0. The molecule has 2 unspecified atom stereocenters. The predicted molar refractivity (Wildman–Crippen MR) is 57.3 cm³/mol. The third kappa shape index (κ3) is 2.32. The van der Waals surface area contributed by atoms with Gasteiger partial charge in [-0.25, -0.2) is 0 Å². The summed E-state index contributed by atoms with van der Waals surface area (Å²) in [5, 5.41) is 0. The van der Waals surface area contributed by atoms with Crippen molar-refractivity contribution >= 4 is 7.91 Å². The predicted octanol–water partition coefficient (Wildman–Crippen LogP) is 3.96. The second-order valence-electron chi connectivity index (χ2n) is 3.73. The van der Waals surface area contributed by atoms with E-state index >= 15 is 0 Å². The Morgan fingerprint density at radius 3 is 2.06 bits per heavy atom. The van der Waals surface area contributed by atoms with E-state index in [0.29, 0.717) is 0 Å². The number of benzene rings is 1. The van der Waals surface area contributed by atoms with Crippen LogP contribution in [0.3, 0.4) is 0 Å². The van der Waals surface area contributed by atoms with Crippen molar-refractivity contribution in [2.24, 2.45) is 0 Å². The Hall–Kier alpha value is -0.770. The molecule has 1 aliphatic heterocycles. The van der Waals surface area contributed by atoms with E-state index in [1.54, 1.807) is 18.2 Å². The SMILES string of the molecule is CC1OP(F)(F)(Oc2ccccc2)OC1C. The second kappa shape index (κ2) is 3.62. The molecule has 2 rings (SSSR count). The van der Waals surface area contributed by atoms with Crippen LogP contribution in [0.1, 0.15) is 13.8 Å². The van der Waals surface area contributed by atoms with Crippen LogP contribution in [0.2, 0.25) is 0 Å². The fourth-order valence-electron chi connectivity index (χ4n) is 1.41. The molecule has 1 saturated heterocycles. The van der Waals surface area contributed by atoms with Gasteiger partial charge in [-0.1, -0.05) is 0 Å². The average Bonchev–Trinajstić information content (AvgIpc) is 2.37. The van der Waals surface area contributed by atoms with Crippen molar-refractivity contribution in [1.29, 1.82) is 0 Å². The Kier molecular flexibility index (Phi) is 2.65. The second-order valence-corrected chi connectivity index (χ2v) is 5.73. The summed E-state index contributed by atoms with van der Waals surface area (Å²) in [4.78, 5) is 0. The van der Waals surface area contributed by atoms with E-state index in [1.165, 1.54) is 26.0 Å². The van der Waals surface area contributed by atoms with Crippen molar-refractivity contribution in [3.05, 3.63) is 30.3 Å². The van der Waals surface area contributed by atoms with E-state index in [-0.39, 0.29) is 5.75 Å². The summed E-state index contributed by atoms with van der Waals surface area (Å²) in [5.74, 6) is 0.0477. The Morgan fingerprint density at radius 2 is 1.56 bits per heavy atom. The van der Waals surface area contributed by atoms with E-state index < -0.39 is 20.1 Å². The molecular formula is C10H13F2O3P. The minimum absolute atomic E-state index is 0.0477. The summed E-state index contributed by atoms with van der Waals surface area (Å²) in [6.45, 7) is 3.07. The Morgan fingerprint density at radius 1 is 1.06 bits per heavy atom. The molecular weight excluding hydrogens is 237 g/mol. The van der Waals surface area contributed by atoms with Crippen molar-refractivity contribution in [2.45, 2.75) is 26.1 Å². The molecule has 2 atom stereocenters. The van der Waals surface area contributed by atoms with Gasteiger partial charge in [-0.3, -0.25) is 0 Å². The number of para-hydroxylation sites is 1. The molecule has 1 aromatic carbocycles. The fraction of sp³-hybridized carbons (Fsp3) is 0.400. The molecule has 16 heavy (non-hydrogen) atoms. The van der Waals surface area contributed by atoms with Crippen LogP contribution < -0.4 is 4.52 Å². The standard InChI is InChI=1S/C10H13F2O3P/c1-8-9(2)14-16(11,12,13-8)15-10-6-4-3-5-7-10/h3-9H,1-2H3. The van der Waals surface area contributed by atoms with Gasteiger partial charge in [0.25, 0.3) is 0 Å². The maximum atomic E-state index is 14.0. The Balaban J connectivity index is 2.20. The molecule has 1 fully saturated rings. The zero-order valence-electron chi connectivity index (χ0n) is 8.97. The molecule has 0 spiro atoms. The molecule has 0 aliphatic carbocycles. The molecule has 0 saturated carbocycles. The van der Waals surface area contributed by atoms with Gasteiger partial charge in [-0.2, -0.15) is 0 Å². The first-order valence-corrected chi connectivity index (χ1v) is 6.73. The molecule has 1 aliphatic rings. The fourth-order valence-corrected chi connectivity index (χ4v) is 3.39. The van der Waals surface area contributed by atoms with Gasteiger partial charge < -0.3 is 0 Å². The number of halogens is 2. The van der Waals surface area contributed by atoms with Crippen LogP contribution >= 0.6 is 7.91 Å². The molecule has 6 heteroatoms. The van der Waals surface area contributed by atoms with Crippen molar-refractivity contribution in [3.8, 4) is 5.75 Å². The maximum absolute atomic E-state index is 14.0. The monoisotopic (exact) mass is 250 g/mol. The van der Waals surface area contributed by atoms with E-state index in [4.69, 9.17) is 0 Å². The normalized spacial score (nSPS) is 33.9. The van der Waals surface area contributed by atoms with E-state index in [9.17, 15) is 8.39 Å². The third-order valence-electron chi connectivity index (χ3n) is 2.32. The van der Waals surface area contributed by atoms with Gasteiger partial charge in [-0.15, -0.1) is 0 Å². The Bertz CT molecular complexity index is 371. The molecule has 0 N–H and O–H groups in total. The summed E-state index contributed by atoms with van der Waals surface area (Å²) >= 11 is 0. The van der Waals surface area contributed by atoms with Gasteiger partial charge >= 0.3 is 92.0 Å². The Labute approximate surface area is 92.7 Å². The molecule has 3 nitrogen and oxygen atoms in total. The molecule has 0 bridgehead atoms. The van der Waals surface area contributed by atoms with Crippen LogP contribution in [0.4, 0.5) is 8.39 Å². The van der Waals surface area contributed by atoms with E-state index in [1.807, 2.05) is 0 Å². The molecule has 0 amide bonds. The van der Waals surface area contributed by atoms with Crippen LogP contribution in [0, 0.1) is 0 Å². The summed E-state index contributed by atoms with van der Waals surface area (Å²) in [6.07, 6.45) is -1.34. The first kappa shape index (κ1) is 11.7. The van der Waals surface area contributed by atoms with Crippen molar-refractivity contribution in [3.63, 3.8) is 0 Å². The quantitative estimate of drug-likeness (QED) is 0.743. The van der Waals surface area contributed by atoms with Crippen LogP contribution in [-0.4, -0.2) is 12.2 Å². The van der Waals surface area contributed by atoms with Gasteiger partial charge in [0.05, 0.1) is 0 Å². The molecule has 0 radical (unpaired) electrons. The van der Waals surface area contributed by atoms with E-state index in [0.717, 1.165) is 0 Å². The molecule has 1 heterocycles. The zero-order valence-corrected chi connectivity index (χ0v) is 9.86. The number of rotatable bonds is 2. The van der Waals surface area contributed by atoms with Crippen LogP contribution in [0.15, 0.2) is 30.3 Å². The zero-order chi connectivity index (χ0) is 11.8. The summed E-state index contributed by atoms with van der Waals surface area (Å²) < 4.78 is 41.8. The minimum atomic E-state index is -5.93. The summed E-state index contributed by atoms with van der Waals surface area (Å²) in [6, 6.07) is 7.81. The molecule has 90 valence electrons. The van der Waals surface area contributed by atoms with Gasteiger partial charge in [0, 0.05) is 0 Å². The van der Waals surface area contributed by atoms with Gasteiger partial charge in [-0.05, 0) is 0 Å². The van der Waals surface area contributed by atoms with Crippen molar-refractivity contribution in [2.75, 3.05) is 0 Å². The van der Waals surface area contributed by atoms with Crippen LogP contribution in [0.25, 0.3) is 0 Å². The van der Waals surface area contributed by atoms with Crippen molar-refractivity contribution in [1.82, 2.24) is 0 Å². The van der Waals surface area contributed by atoms with Gasteiger partial charge in [0.1, 0.15) is 0 Å². The number of hydrogen-bond acceptors (Lipinski definition) is 3. The van der Waals surface area contributed by atoms with E-state index in [2.05, 4.69) is 13.6 Å².